The van der Waals surface area contributed by atoms with Gasteiger partial charge in [-0.05, 0) is 31.2 Å². The number of nitrogens with one attached hydrogen (secondary N) is 1. The van der Waals surface area contributed by atoms with Gasteiger partial charge < -0.3 is 15.2 Å². The van der Waals surface area contributed by atoms with E-state index in [2.05, 4.69) is 10.3 Å². The normalized spacial score (nSPS) is 10.1. The Labute approximate surface area is 115 Å². The van der Waals surface area contributed by atoms with E-state index >= 15 is 0 Å². The third-order valence-corrected chi connectivity index (χ3v) is 2.49. The summed E-state index contributed by atoms with van der Waals surface area (Å²) in [4.78, 5) is 15.6. The fourth-order valence-corrected chi connectivity index (χ4v) is 1.61. The molecule has 0 spiro atoms. The molecule has 0 atom stereocenters. The van der Waals surface area contributed by atoms with Gasteiger partial charge in [0, 0.05) is 18.0 Å². The number of halogens is 1. The Balaban J connectivity index is 2.16. The molecule has 0 fully saturated rings. The number of hydrogen-bond donors (Lipinski definition) is 2. The molecule has 5 nitrogen and oxygen atoms in total. The van der Waals surface area contributed by atoms with Gasteiger partial charge >= 0.3 is 0 Å². The highest BCUT2D eigenvalue weighted by atomic mass is 19.1. The number of carbonyl (C=O) groups excluding carboxylic acids is 1. The zero-order chi connectivity index (χ0) is 14.5. The van der Waals surface area contributed by atoms with Crippen LogP contribution in [0.1, 0.15) is 17.4 Å². The maximum Gasteiger partial charge on any atom is 0.278 e. The van der Waals surface area contributed by atoms with Crippen LogP contribution >= 0.6 is 0 Å². The minimum Gasteiger partial charge on any atom is -0.505 e. The van der Waals surface area contributed by atoms with Crippen molar-refractivity contribution in [1.29, 1.82) is 0 Å². The molecule has 0 unspecified atom stereocenters. The van der Waals surface area contributed by atoms with E-state index in [-0.39, 0.29) is 22.9 Å². The molecule has 104 valence electrons. The van der Waals surface area contributed by atoms with E-state index in [4.69, 9.17) is 4.74 Å². The zero-order valence-corrected chi connectivity index (χ0v) is 10.8. The summed E-state index contributed by atoms with van der Waals surface area (Å²) in [5.41, 5.74) is 0.128. The maximum absolute atomic E-state index is 13.6. The molecule has 1 amide bonds. The number of pyridine rings is 1. The number of aromatic nitrogens is 1. The number of benzene rings is 1. The lowest BCUT2D eigenvalue weighted by molar-refractivity contribution is 0.101. The second-order valence-corrected chi connectivity index (χ2v) is 3.90. The Bertz CT molecular complexity index is 632. The van der Waals surface area contributed by atoms with Crippen LogP contribution in [0, 0.1) is 5.82 Å². The van der Waals surface area contributed by atoms with E-state index in [0.717, 1.165) is 6.07 Å². The number of nitrogens with zero attached hydrogens (tertiary/aromatic N) is 1. The zero-order valence-electron chi connectivity index (χ0n) is 10.8. The van der Waals surface area contributed by atoms with Crippen molar-refractivity contribution in [3.05, 3.63) is 48.0 Å². The molecule has 2 N–H and O–H groups in total. The van der Waals surface area contributed by atoms with E-state index in [1.54, 1.807) is 6.92 Å². The van der Waals surface area contributed by atoms with Crippen molar-refractivity contribution in [2.75, 3.05) is 11.9 Å². The number of aromatic hydroxyl groups is 1. The lowest BCUT2D eigenvalue weighted by Crippen LogP contribution is -2.14. The van der Waals surface area contributed by atoms with E-state index < -0.39 is 11.7 Å². The number of anilines is 1. The number of rotatable bonds is 4. The average Bonchev–Trinajstić information content (AvgIpc) is 2.42. The third kappa shape index (κ3) is 3.03. The molecule has 1 heterocycles. The highest BCUT2D eigenvalue weighted by Gasteiger charge is 2.13. The smallest absolute Gasteiger partial charge is 0.278 e. The molecule has 0 saturated carbocycles. The van der Waals surface area contributed by atoms with Crippen LogP contribution in [0.3, 0.4) is 0 Å². The second kappa shape index (κ2) is 6.01. The molecule has 2 rings (SSSR count). The average molecular weight is 276 g/mol. The first-order valence-electron chi connectivity index (χ1n) is 5.99. The molecule has 0 bridgehead atoms. The van der Waals surface area contributed by atoms with Gasteiger partial charge in [-0.15, -0.1) is 0 Å². The SMILES string of the molecule is CCOc1ccc(NC(=O)c2ncccc2O)cc1F. The van der Waals surface area contributed by atoms with Crippen LogP contribution in [0.4, 0.5) is 10.1 Å². The third-order valence-electron chi connectivity index (χ3n) is 2.49. The lowest BCUT2D eigenvalue weighted by atomic mass is 10.2. The summed E-state index contributed by atoms with van der Waals surface area (Å²) >= 11 is 0. The van der Waals surface area contributed by atoms with Crippen LogP contribution in [0.15, 0.2) is 36.5 Å². The molecule has 0 radical (unpaired) electrons. The first kappa shape index (κ1) is 13.8. The topological polar surface area (TPSA) is 71.5 Å². The Kier molecular flexibility index (Phi) is 4.14. The van der Waals surface area contributed by atoms with Crippen molar-refractivity contribution in [3.8, 4) is 11.5 Å². The summed E-state index contributed by atoms with van der Waals surface area (Å²) in [6.45, 7) is 2.10. The monoisotopic (exact) mass is 276 g/mol. The molecule has 0 aliphatic heterocycles. The second-order valence-electron chi connectivity index (χ2n) is 3.90. The number of hydrogen-bond acceptors (Lipinski definition) is 4. The van der Waals surface area contributed by atoms with Gasteiger partial charge in [0.05, 0.1) is 6.61 Å². The number of amides is 1. The van der Waals surface area contributed by atoms with E-state index in [0.29, 0.717) is 6.61 Å². The van der Waals surface area contributed by atoms with Crippen molar-refractivity contribution >= 4 is 11.6 Å². The number of carbonyl (C=O) groups is 1. The van der Waals surface area contributed by atoms with Gasteiger partial charge in [-0.1, -0.05) is 0 Å². The highest BCUT2D eigenvalue weighted by molar-refractivity contribution is 6.04. The minimum atomic E-state index is -0.619. The molecule has 1 aromatic heterocycles. The van der Waals surface area contributed by atoms with E-state index in [9.17, 15) is 14.3 Å². The van der Waals surface area contributed by atoms with Crippen molar-refractivity contribution < 1.29 is 19.0 Å². The van der Waals surface area contributed by atoms with E-state index in [1.165, 1.54) is 30.5 Å². The first-order valence-corrected chi connectivity index (χ1v) is 5.99. The Hall–Kier alpha value is -2.63. The van der Waals surface area contributed by atoms with Gasteiger partial charge in [-0.25, -0.2) is 9.37 Å². The molecule has 0 aliphatic rings. The van der Waals surface area contributed by atoms with Crippen LogP contribution in [0.2, 0.25) is 0 Å². The summed E-state index contributed by atoms with van der Waals surface area (Å²) in [5, 5.41) is 12.0. The largest absolute Gasteiger partial charge is 0.505 e. The summed E-state index contributed by atoms with van der Waals surface area (Å²) in [5.74, 6) is -1.32. The predicted molar refractivity (Wildman–Crippen MR) is 71.4 cm³/mol. The highest BCUT2D eigenvalue weighted by Crippen LogP contribution is 2.22. The fourth-order valence-electron chi connectivity index (χ4n) is 1.61. The Morgan fingerprint density at radius 2 is 2.25 bits per heavy atom. The Morgan fingerprint density at radius 1 is 1.45 bits per heavy atom. The van der Waals surface area contributed by atoms with Gasteiger partial charge in [0.2, 0.25) is 0 Å². The van der Waals surface area contributed by atoms with Gasteiger partial charge in [0.25, 0.3) is 5.91 Å². The minimum absolute atomic E-state index is 0.117. The molecule has 2 aromatic rings. The first-order chi connectivity index (χ1) is 9.61. The van der Waals surface area contributed by atoms with Crippen LogP contribution < -0.4 is 10.1 Å². The lowest BCUT2D eigenvalue weighted by Gasteiger charge is -2.08. The molecular weight excluding hydrogens is 263 g/mol. The molecule has 6 heteroatoms. The molecule has 0 saturated heterocycles. The van der Waals surface area contributed by atoms with Crippen LogP contribution in [-0.2, 0) is 0 Å². The summed E-state index contributed by atoms with van der Waals surface area (Å²) in [6.07, 6.45) is 1.38. The van der Waals surface area contributed by atoms with Crippen molar-refractivity contribution in [2.45, 2.75) is 6.92 Å². The fraction of sp³-hybridized carbons (Fsp3) is 0.143. The predicted octanol–water partition coefficient (Wildman–Crippen LogP) is 2.58. The summed E-state index contributed by atoms with van der Waals surface area (Å²) in [7, 11) is 0. The summed E-state index contributed by atoms with van der Waals surface area (Å²) < 4.78 is 18.7. The summed E-state index contributed by atoms with van der Waals surface area (Å²) in [6, 6.07) is 6.92. The van der Waals surface area contributed by atoms with Crippen LogP contribution in [0.5, 0.6) is 11.5 Å². The molecular formula is C14H13FN2O3. The van der Waals surface area contributed by atoms with Crippen molar-refractivity contribution in [3.63, 3.8) is 0 Å². The quantitative estimate of drug-likeness (QED) is 0.900. The number of ether oxygens (including phenoxy) is 1. The molecule has 0 aliphatic carbocycles. The van der Waals surface area contributed by atoms with Crippen LogP contribution in [0.25, 0.3) is 0 Å². The molecule has 1 aromatic carbocycles. The standard InChI is InChI=1S/C14H13FN2O3/c1-2-20-12-6-5-9(8-10(12)15)17-14(19)13-11(18)4-3-7-16-13/h3-8,18H,2H2,1H3,(H,17,19). The van der Waals surface area contributed by atoms with Crippen LogP contribution in [-0.4, -0.2) is 22.6 Å². The maximum atomic E-state index is 13.6. The van der Waals surface area contributed by atoms with Crippen molar-refractivity contribution in [1.82, 2.24) is 4.98 Å². The van der Waals surface area contributed by atoms with Crippen molar-refractivity contribution in [2.24, 2.45) is 0 Å². The van der Waals surface area contributed by atoms with Gasteiger partial charge in [-0.2, -0.15) is 0 Å². The van der Waals surface area contributed by atoms with Gasteiger partial charge in [0.15, 0.2) is 17.3 Å². The van der Waals surface area contributed by atoms with E-state index in [1.807, 2.05) is 0 Å². The van der Waals surface area contributed by atoms with Gasteiger partial charge in [-0.3, -0.25) is 4.79 Å². The molecule has 20 heavy (non-hydrogen) atoms. The Morgan fingerprint density at radius 3 is 2.90 bits per heavy atom. The van der Waals surface area contributed by atoms with Gasteiger partial charge in [0.1, 0.15) is 5.75 Å².